The summed E-state index contributed by atoms with van der Waals surface area (Å²) in [5, 5.41) is 10.2. The lowest BCUT2D eigenvalue weighted by atomic mass is 9.88. The van der Waals surface area contributed by atoms with E-state index in [1.807, 2.05) is 58.0 Å². The largest absolute Gasteiger partial charge is 0.352 e. The van der Waals surface area contributed by atoms with Crippen molar-refractivity contribution in [2.75, 3.05) is 0 Å². The predicted octanol–water partition coefficient (Wildman–Crippen LogP) is 3.41. The van der Waals surface area contributed by atoms with Gasteiger partial charge in [-0.2, -0.15) is 0 Å². The van der Waals surface area contributed by atoms with Gasteiger partial charge in [-0.25, -0.2) is 0 Å². The zero-order valence-corrected chi connectivity index (χ0v) is 22.4. The monoisotopic (exact) mass is 519 g/mol. The lowest BCUT2D eigenvalue weighted by Gasteiger charge is -2.45. The van der Waals surface area contributed by atoms with Gasteiger partial charge in [0.15, 0.2) is 0 Å². The molecule has 3 amide bonds. The molecule has 1 unspecified atom stereocenters. The highest BCUT2D eigenvalue weighted by Gasteiger charge is 2.49. The highest BCUT2D eigenvalue weighted by Crippen LogP contribution is 2.36. The Labute approximate surface area is 221 Å². The maximum Gasteiger partial charge on any atom is 0.247 e. The van der Waals surface area contributed by atoms with E-state index in [0.717, 1.165) is 23.1 Å². The third-order valence-electron chi connectivity index (χ3n) is 7.25. The number of nitrogens with zero attached hydrogens (tertiary/aromatic N) is 3. The Morgan fingerprint density at radius 1 is 1.11 bits per heavy atom. The summed E-state index contributed by atoms with van der Waals surface area (Å²) in [6.07, 6.45) is 1.90. The van der Waals surface area contributed by atoms with Crippen LogP contribution in [-0.2, 0) is 27.2 Å². The van der Waals surface area contributed by atoms with Crippen LogP contribution in [0.2, 0.25) is 0 Å². The van der Waals surface area contributed by atoms with Gasteiger partial charge in [0.1, 0.15) is 23.6 Å². The topological polar surface area (TPSA) is 104 Å². The maximum absolute atomic E-state index is 14.3. The number of benzene rings is 2. The summed E-state index contributed by atoms with van der Waals surface area (Å²) in [5.74, 6) is -0.595. The van der Waals surface area contributed by atoms with E-state index in [9.17, 15) is 14.4 Å². The summed E-state index contributed by atoms with van der Waals surface area (Å²) < 4.78 is 4.85. The smallest absolute Gasteiger partial charge is 0.247 e. The number of hydrogen-bond donors (Lipinski definition) is 2. The van der Waals surface area contributed by atoms with Crippen molar-refractivity contribution < 1.29 is 14.4 Å². The van der Waals surface area contributed by atoms with E-state index >= 15 is 0 Å². The Bertz CT molecular complexity index is 1310. The molecule has 3 atom stereocenters. The highest BCUT2D eigenvalue weighted by atomic mass is 32.1. The lowest BCUT2D eigenvalue weighted by molar-refractivity contribution is -0.158. The molecule has 1 aromatic heterocycles. The van der Waals surface area contributed by atoms with Crippen LogP contribution in [0.4, 0.5) is 0 Å². The first-order chi connectivity index (χ1) is 17.7. The molecule has 2 N–H and O–H groups in total. The van der Waals surface area contributed by atoms with Crippen LogP contribution in [0.25, 0.3) is 10.2 Å². The van der Waals surface area contributed by atoms with Crippen molar-refractivity contribution in [3.05, 3.63) is 59.2 Å². The average molecular weight is 520 g/mol. The molecule has 1 aliphatic heterocycles. The van der Waals surface area contributed by atoms with Crippen molar-refractivity contribution in [2.45, 2.75) is 71.1 Å². The van der Waals surface area contributed by atoms with E-state index in [-0.39, 0.29) is 35.6 Å². The first-order valence-electron chi connectivity index (χ1n) is 12.9. The fraction of sp³-hybridized carbons (Fsp3) is 0.464. The van der Waals surface area contributed by atoms with E-state index in [2.05, 4.69) is 32.4 Å². The summed E-state index contributed by atoms with van der Waals surface area (Å²) in [5.41, 5.74) is 3.81. The molecular formula is C28H33N5O3S. The van der Waals surface area contributed by atoms with E-state index in [1.54, 1.807) is 4.90 Å². The van der Waals surface area contributed by atoms with Gasteiger partial charge in [0.2, 0.25) is 17.7 Å². The number of hydrogen-bond acceptors (Lipinski definition) is 6. The van der Waals surface area contributed by atoms with Crippen LogP contribution in [0.15, 0.2) is 42.5 Å². The first-order valence-corrected chi connectivity index (χ1v) is 13.7. The molecule has 0 saturated carbocycles. The molecule has 1 saturated heterocycles. The molecule has 2 heterocycles. The minimum absolute atomic E-state index is 0.0571. The normalized spacial score (nSPS) is 21.0. The summed E-state index contributed by atoms with van der Waals surface area (Å²) in [7, 11) is 0. The Hall–Kier alpha value is -3.33. The van der Waals surface area contributed by atoms with Crippen molar-refractivity contribution >= 4 is 39.5 Å². The molecule has 0 radical (unpaired) electrons. The van der Waals surface area contributed by atoms with Crippen LogP contribution in [0.3, 0.4) is 0 Å². The number of rotatable bonds is 7. The number of carbonyl (C=O) groups is 3. The molecular weight excluding hydrogens is 486 g/mol. The van der Waals surface area contributed by atoms with Gasteiger partial charge in [0.05, 0.1) is 4.70 Å². The quantitative estimate of drug-likeness (QED) is 0.498. The number of nitrogens with one attached hydrogen (secondary N) is 2. The fourth-order valence-corrected chi connectivity index (χ4v) is 6.25. The molecule has 8 nitrogen and oxygen atoms in total. The molecule has 0 bridgehead atoms. The van der Waals surface area contributed by atoms with Crippen molar-refractivity contribution in [3.8, 4) is 0 Å². The summed E-state index contributed by atoms with van der Waals surface area (Å²) >= 11 is 1.24. The Morgan fingerprint density at radius 3 is 2.46 bits per heavy atom. The van der Waals surface area contributed by atoms with Crippen molar-refractivity contribution in [1.29, 1.82) is 0 Å². The first kappa shape index (κ1) is 25.3. The van der Waals surface area contributed by atoms with E-state index in [0.29, 0.717) is 12.0 Å². The van der Waals surface area contributed by atoms with Gasteiger partial charge in [-0.15, -0.1) is 5.10 Å². The van der Waals surface area contributed by atoms with Gasteiger partial charge in [-0.1, -0.05) is 48.7 Å². The molecule has 3 aromatic rings. The molecule has 0 spiro atoms. The SMILES string of the molecule is CC(C)C[C@@H]1C(=O)NC(C2Cc3ccccc3C2)C(=O)N1[C@@H](C(=O)NC(C)C)c1ccc2nnsc2c1. The van der Waals surface area contributed by atoms with Crippen LogP contribution in [-0.4, -0.2) is 50.3 Å². The second-order valence-corrected chi connectivity index (χ2v) is 11.7. The molecule has 2 aromatic carbocycles. The van der Waals surface area contributed by atoms with Crippen LogP contribution in [0.5, 0.6) is 0 Å². The van der Waals surface area contributed by atoms with Crippen molar-refractivity contribution in [3.63, 3.8) is 0 Å². The minimum atomic E-state index is -0.942. The van der Waals surface area contributed by atoms with E-state index in [1.165, 1.54) is 22.7 Å². The second-order valence-electron chi connectivity index (χ2n) is 10.9. The zero-order chi connectivity index (χ0) is 26.3. The van der Waals surface area contributed by atoms with Gasteiger partial charge in [-0.05, 0) is 85.3 Å². The van der Waals surface area contributed by atoms with Crippen molar-refractivity contribution in [1.82, 2.24) is 25.1 Å². The number of aromatic nitrogens is 2. The highest BCUT2D eigenvalue weighted by molar-refractivity contribution is 7.12. The van der Waals surface area contributed by atoms with Crippen molar-refractivity contribution in [2.24, 2.45) is 11.8 Å². The Morgan fingerprint density at radius 2 is 1.81 bits per heavy atom. The molecule has 1 fully saturated rings. The van der Waals surface area contributed by atoms with E-state index < -0.39 is 18.1 Å². The number of carbonyl (C=O) groups excluding carboxylic acids is 3. The maximum atomic E-state index is 14.3. The predicted molar refractivity (Wildman–Crippen MR) is 143 cm³/mol. The standard InChI is InChI=1S/C28H33N5O3S/c1-15(2)11-22-26(34)30-24(20-12-17-7-5-6-8-18(17)13-20)28(36)33(22)25(27(35)29-16(3)4)19-9-10-21-23(14-19)37-32-31-21/h5-10,14-16,20,22,24-25H,11-13H2,1-4H3,(H,29,35)(H,30,34)/t22-,24?,25-/m1/s1. The summed E-state index contributed by atoms with van der Waals surface area (Å²) in [4.78, 5) is 43.3. The summed E-state index contributed by atoms with van der Waals surface area (Å²) in [6, 6.07) is 11.2. The van der Waals surface area contributed by atoms with Crippen LogP contribution >= 0.6 is 11.5 Å². The second kappa shape index (κ2) is 10.2. The number of piperazine rings is 1. The third-order valence-corrected chi connectivity index (χ3v) is 7.94. The van der Waals surface area contributed by atoms with Gasteiger partial charge >= 0.3 is 0 Å². The van der Waals surface area contributed by atoms with E-state index in [4.69, 9.17) is 0 Å². The lowest BCUT2D eigenvalue weighted by Crippen LogP contribution is -2.67. The number of amides is 3. The molecule has 37 heavy (non-hydrogen) atoms. The molecule has 9 heteroatoms. The molecule has 2 aliphatic rings. The Balaban J connectivity index is 1.57. The zero-order valence-electron chi connectivity index (χ0n) is 21.6. The summed E-state index contributed by atoms with van der Waals surface area (Å²) in [6.45, 7) is 7.82. The Kier molecular flexibility index (Phi) is 6.98. The number of fused-ring (bicyclic) bond motifs is 2. The van der Waals surface area contributed by atoms with Crippen LogP contribution in [0, 0.1) is 11.8 Å². The molecule has 1 aliphatic carbocycles. The minimum Gasteiger partial charge on any atom is -0.352 e. The van der Waals surface area contributed by atoms with Gasteiger partial charge < -0.3 is 15.5 Å². The van der Waals surface area contributed by atoms with Gasteiger partial charge in [-0.3, -0.25) is 14.4 Å². The third kappa shape index (κ3) is 4.97. The van der Waals surface area contributed by atoms with Crippen LogP contribution < -0.4 is 10.6 Å². The molecule has 194 valence electrons. The van der Waals surface area contributed by atoms with Gasteiger partial charge in [0.25, 0.3) is 0 Å². The average Bonchev–Trinajstić information content (AvgIpc) is 3.49. The molecule has 5 rings (SSSR count). The fourth-order valence-electron chi connectivity index (χ4n) is 5.64. The van der Waals surface area contributed by atoms with Crippen LogP contribution in [0.1, 0.15) is 56.8 Å². The van der Waals surface area contributed by atoms with Gasteiger partial charge in [0, 0.05) is 6.04 Å².